The van der Waals surface area contributed by atoms with E-state index < -0.39 is 23.8 Å². The molecule has 3 rings (SSSR count). The van der Waals surface area contributed by atoms with Crippen molar-refractivity contribution in [1.82, 2.24) is 9.55 Å². The SMILES string of the molecule is COc1cc(C=CC(=O)N(CCO)c2c(N)n(Cc3ccccc3)c(=O)[nH]c2=O)ccc1OCC#N. The average Bonchev–Trinajstić information content (AvgIpc) is 2.88. The van der Waals surface area contributed by atoms with Gasteiger partial charge in [0, 0.05) is 12.6 Å². The first kappa shape index (κ1) is 25.8. The number of nitrogens with two attached hydrogens (primary N) is 1. The maximum atomic E-state index is 13.1. The molecule has 0 radical (unpaired) electrons. The molecule has 2 aromatic carbocycles. The maximum Gasteiger partial charge on any atom is 0.330 e. The van der Waals surface area contributed by atoms with E-state index >= 15 is 0 Å². The van der Waals surface area contributed by atoms with Gasteiger partial charge in [-0.05, 0) is 29.3 Å². The minimum atomic E-state index is -0.849. The van der Waals surface area contributed by atoms with Crippen LogP contribution in [0.4, 0.5) is 11.5 Å². The molecule has 1 heterocycles. The third-order valence-electron chi connectivity index (χ3n) is 5.16. The number of aromatic nitrogens is 2. The lowest BCUT2D eigenvalue weighted by molar-refractivity contribution is -0.114. The number of carbonyl (C=O) groups excluding carboxylic acids is 1. The Morgan fingerprint density at radius 1 is 1.22 bits per heavy atom. The largest absolute Gasteiger partial charge is 0.493 e. The molecule has 0 atom stereocenters. The van der Waals surface area contributed by atoms with E-state index in [1.807, 2.05) is 12.1 Å². The highest BCUT2D eigenvalue weighted by Crippen LogP contribution is 2.28. The molecule has 0 aliphatic rings. The number of methoxy groups -OCH3 is 1. The number of benzene rings is 2. The van der Waals surface area contributed by atoms with Gasteiger partial charge in [0.2, 0.25) is 0 Å². The van der Waals surface area contributed by atoms with Gasteiger partial charge in [-0.1, -0.05) is 36.4 Å². The fraction of sp³-hybridized carbons (Fsp3) is 0.200. The lowest BCUT2D eigenvalue weighted by Crippen LogP contribution is -2.41. The van der Waals surface area contributed by atoms with Crippen molar-refractivity contribution < 1.29 is 19.4 Å². The lowest BCUT2D eigenvalue weighted by Gasteiger charge is -2.22. The molecule has 0 saturated heterocycles. The predicted molar refractivity (Wildman–Crippen MR) is 134 cm³/mol. The Balaban J connectivity index is 1.94. The predicted octanol–water partition coefficient (Wildman–Crippen LogP) is 1.12. The van der Waals surface area contributed by atoms with Crippen molar-refractivity contribution in [1.29, 1.82) is 5.26 Å². The molecular weight excluding hydrogens is 466 g/mol. The summed E-state index contributed by atoms with van der Waals surface area (Å²) in [6.45, 7) is -0.756. The number of hydrogen-bond acceptors (Lipinski definition) is 8. The highest BCUT2D eigenvalue weighted by atomic mass is 16.5. The van der Waals surface area contributed by atoms with Crippen LogP contribution in [-0.2, 0) is 11.3 Å². The lowest BCUT2D eigenvalue weighted by atomic mass is 10.2. The second-order valence-corrected chi connectivity index (χ2v) is 7.47. The zero-order valence-electron chi connectivity index (χ0n) is 19.5. The van der Waals surface area contributed by atoms with Crippen molar-refractivity contribution in [3.05, 3.63) is 86.6 Å². The number of nitrogens with one attached hydrogen (secondary N) is 1. The molecule has 36 heavy (non-hydrogen) atoms. The van der Waals surface area contributed by atoms with Crippen LogP contribution in [0.15, 0.2) is 64.2 Å². The second-order valence-electron chi connectivity index (χ2n) is 7.47. The van der Waals surface area contributed by atoms with E-state index in [0.29, 0.717) is 17.1 Å². The number of nitrogen functional groups attached to an aromatic ring is 1. The van der Waals surface area contributed by atoms with Crippen LogP contribution < -0.4 is 31.4 Å². The number of amides is 1. The number of rotatable bonds is 10. The third kappa shape index (κ3) is 5.99. The summed E-state index contributed by atoms with van der Waals surface area (Å²) < 4.78 is 11.7. The Labute approximate surface area is 206 Å². The van der Waals surface area contributed by atoms with E-state index in [4.69, 9.17) is 20.5 Å². The van der Waals surface area contributed by atoms with Crippen LogP contribution in [0.3, 0.4) is 0 Å². The van der Waals surface area contributed by atoms with E-state index in [-0.39, 0.29) is 31.2 Å². The monoisotopic (exact) mass is 491 g/mol. The van der Waals surface area contributed by atoms with E-state index in [9.17, 15) is 19.5 Å². The maximum absolute atomic E-state index is 13.1. The highest BCUT2D eigenvalue weighted by Gasteiger charge is 2.22. The van der Waals surface area contributed by atoms with Gasteiger partial charge in [-0.2, -0.15) is 5.26 Å². The van der Waals surface area contributed by atoms with Crippen LogP contribution in [0.2, 0.25) is 0 Å². The molecule has 0 aliphatic carbocycles. The molecule has 1 aromatic heterocycles. The number of carbonyl (C=O) groups is 1. The minimum Gasteiger partial charge on any atom is -0.493 e. The van der Waals surface area contributed by atoms with Crippen LogP contribution in [-0.4, -0.2) is 47.4 Å². The van der Waals surface area contributed by atoms with Crippen molar-refractivity contribution in [2.24, 2.45) is 0 Å². The van der Waals surface area contributed by atoms with Gasteiger partial charge in [0.15, 0.2) is 23.8 Å². The molecule has 0 aliphatic heterocycles. The molecule has 0 spiro atoms. The highest BCUT2D eigenvalue weighted by molar-refractivity contribution is 6.05. The number of hydrogen-bond donors (Lipinski definition) is 3. The molecular formula is C25H25N5O6. The first-order chi connectivity index (χ1) is 17.4. The number of ether oxygens (including phenoxy) is 2. The van der Waals surface area contributed by atoms with Gasteiger partial charge >= 0.3 is 5.69 Å². The standard InChI is InChI=1S/C25H25N5O6/c1-35-20-15-17(7-9-19(20)36-14-11-26)8-10-21(32)29(12-13-31)22-23(27)30(25(34)28-24(22)33)16-18-5-3-2-4-6-18/h2-10,15,31H,12-14,16,27H2,1H3,(H,28,33,34). The Kier molecular flexibility index (Phi) is 8.63. The number of H-pyrrole nitrogens is 1. The summed E-state index contributed by atoms with van der Waals surface area (Å²) in [5.41, 5.74) is 5.72. The Hall–Kier alpha value is -4.82. The number of nitriles is 1. The van der Waals surface area contributed by atoms with Crippen molar-refractivity contribution in [2.45, 2.75) is 6.54 Å². The van der Waals surface area contributed by atoms with Gasteiger partial charge in [-0.15, -0.1) is 0 Å². The number of anilines is 2. The number of nitrogens with zero attached hydrogens (tertiary/aromatic N) is 3. The van der Waals surface area contributed by atoms with Gasteiger partial charge in [-0.3, -0.25) is 24.0 Å². The summed E-state index contributed by atoms with van der Waals surface area (Å²) in [4.78, 5) is 41.4. The fourth-order valence-electron chi connectivity index (χ4n) is 3.47. The molecule has 1 amide bonds. The van der Waals surface area contributed by atoms with Crippen LogP contribution >= 0.6 is 0 Å². The second kappa shape index (κ2) is 12.0. The van der Waals surface area contributed by atoms with E-state index in [1.165, 1.54) is 19.3 Å². The normalized spacial score (nSPS) is 10.7. The van der Waals surface area contributed by atoms with Crippen molar-refractivity contribution in [2.75, 3.05) is 37.5 Å². The van der Waals surface area contributed by atoms with Crippen LogP contribution in [0.5, 0.6) is 11.5 Å². The number of aliphatic hydroxyl groups excluding tert-OH is 1. The van der Waals surface area contributed by atoms with Gasteiger partial charge < -0.3 is 20.3 Å². The summed E-state index contributed by atoms with van der Waals surface area (Å²) in [5.74, 6) is -0.122. The van der Waals surface area contributed by atoms with Gasteiger partial charge in [0.05, 0.1) is 20.3 Å². The van der Waals surface area contributed by atoms with Crippen molar-refractivity contribution in [3.8, 4) is 17.6 Å². The van der Waals surface area contributed by atoms with Crippen LogP contribution in [0.25, 0.3) is 6.08 Å². The third-order valence-corrected chi connectivity index (χ3v) is 5.16. The molecule has 3 aromatic rings. The summed E-state index contributed by atoms with van der Waals surface area (Å²) in [6, 6.07) is 15.7. The molecule has 0 saturated carbocycles. The van der Waals surface area contributed by atoms with E-state index in [1.54, 1.807) is 42.5 Å². The molecule has 4 N–H and O–H groups in total. The molecule has 11 nitrogen and oxygen atoms in total. The van der Waals surface area contributed by atoms with Crippen molar-refractivity contribution >= 4 is 23.5 Å². The van der Waals surface area contributed by atoms with Crippen LogP contribution in [0, 0.1) is 11.3 Å². The average molecular weight is 492 g/mol. The summed E-state index contributed by atoms with van der Waals surface area (Å²) in [5, 5.41) is 18.2. The van der Waals surface area contributed by atoms with Gasteiger partial charge in [-0.25, -0.2) is 4.79 Å². The van der Waals surface area contributed by atoms with E-state index in [2.05, 4.69) is 4.98 Å². The molecule has 186 valence electrons. The Morgan fingerprint density at radius 3 is 2.64 bits per heavy atom. The number of aliphatic hydroxyl groups is 1. The zero-order valence-corrected chi connectivity index (χ0v) is 19.5. The molecule has 11 heteroatoms. The summed E-state index contributed by atoms with van der Waals surface area (Å²) in [6.07, 6.45) is 2.68. The fourth-order valence-corrected chi connectivity index (χ4v) is 3.47. The smallest absolute Gasteiger partial charge is 0.330 e. The molecule has 0 unspecified atom stereocenters. The minimum absolute atomic E-state index is 0.0757. The van der Waals surface area contributed by atoms with Gasteiger partial charge in [0.25, 0.3) is 11.5 Å². The number of aromatic amines is 1. The first-order valence-electron chi connectivity index (χ1n) is 10.8. The Morgan fingerprint density at radius 2 is 1.97 bits per heavy atom. The molecule has 0 fully saturated rings. The summed E-state index contributed by atoms with van der Waals surface area (Å²) in [7, 11) is 1.44. The van der Waals surface area contributed by atoms with Gasteiger partial charge in [0.1, 0.15) is 11.9 Å². The molecule has 0 bridgehead atoms. The van der Waals surface area contributed by atoms with E-state index in [0.717, 1.165) is 15.0 Å². The quantitative estimate of drug-likeness (QED) is 0.355. The van der Waals surface area contributed by atoms with Crippen LogP contribution in [0.1, 0.15) is 11.1 Å². The van der Waals surface area contributed by atoms with Crippen molar-refractivity contribution in [3.63, 3.8) is 0 Å². The first-order valence-corrected chi connectivity index (χ1v) is 10.8. The zero-order chi connectivity index (χ0) is 26.1. The Bertz CT molecular complexity index is 1410. The topological polar surface area (TPSA) is 164 Å². The summed E-state index contributed by atoms with van der Waals surface area (Å²) >= 11 is 0.